The van der Waals surface area contributed by atoms with Crippen molar-refractivity contribution in [3.05, 3.63) is 30.1 Å². The van der Waals surface area contributed by atoms with Gasteiger partial charge < -0.3 is 14.5 Å². The molecule has 3 fully saturated rings. The molecular weight excluding hydrogens is 347 g/mol. The maximum atomic E-state index is 13.2. The van der Waals surface area contributed by atoms with Crippen molar-refractivity contribution < 1.29 is 18.7 Å². The molecule has 0 N–H and O–H groups in total. The van der Waals surface area contributed by atoms with Gasteiger partial charge in [-0.25, -0.2) is 4.39 Å². The number of hydrogen-bond acceptors (Lipinski definition) is 3. The highest BCUT2D eigenvalue weighted by molar-refractivity contribution is 5.86. The Balaban J connectivity index is 1.36. The summed E-state index contributed by atoms with van der Waals surface area (Å²) in [6.45, 7) is 1.89. The molecular formula is C21H27FN2O3. The summed E-state index contributed by atoms with van der Waals surface area (Å²) in [7, 11) is 0. The minimum atomic E-state index is -0.396. The molecule has 6 heteroatoms. The third-order valence-electron chi connectivity index (χ3n) is 6.42. The Labute approximate surface area is 159 Å². The highest BCUT2D eigenvalue weighted by Crippen LogP contribution is 2.42. The van der Waals surface area contributed by atoms with Gasteiger partial charge in [-0.3, -0.25) is 9.59 Å². The van der Waals surface area contributed by atoms with Crippen molar-refractivity contribution >= 4 is 11.8 Å². The van der Waals surface area contributed by atoms with E-state index in [4.69, 9.17) is 4.74 Å². The fraction of sp³-hybridized carbons (Fsp3) is 0.619. The molecule has 1 aromatic carbocycles. The van der Waals surface area contributed by atoms with Crippen LogP contribution < -0.4 is 4.74 Å². The normalized spacial score (nSPS) is 26.2. The Bertz CT molecular complexity index is 702. The van der Waals surface area contributed by atoms with Crippen LogP contribution in [0.25, 0.3) is 0 Å². The molecule has 1 aliphatic carbocycles. The zero-order chi connectivity index (χ0) is 18.9. The molecule has 1 atom stereocenters. The van der Waals surface area contributed by atoms with Gasteiger partial charge in [-0.1, -0.05) is 12.8 Å². The van der Waals surface area contributed by atoms with E-state index in [1.54, 1.807) is 4.90 Å². The molecule has 27 heavy (non-hydrogen) atoms. The van der Waals surface area contributed by atoms with Crippen LogP contribution >= 0.6 is 0 Å². The van der Waals surface area contributed by atoms with E-state index in [2.05, 4.69) is 4.90 Å². The van der Waals surface area contributed by atoms with Crippen molar-refractivity contribution in [2.45, 2.75) is 51.0 Å². The highest BCUT2D eigenvalue weighted by Gasteiger charge is 2.50. The first-order chi connectivity index (χ1) is 13.1. The first-order valence-electron chi connectivity index (χ1n) is 10.0. The number of nitrogens with zero attached hydrogens (tertiary/aromatic N) is 2. The highest BCUT2D eigenvalue weighted by atomic mass is 19.1. The second-order valence-corrected chi connectivity index (χ2v) is 8.13. The number of piperidine rings is 1. The molecule has 1 unspecified atom stereocenters. The number of benzene rings is 1. The molecule has 1 saturated carbocycles. The molecule has 4 rings (SSSR count). The van der Waals surface area contributed by atoms with Gasteiger partial charge in [-0.05, 0) is 56.4 Å². The van der Waals surface area contributed by atoms with E-state index in [1.807, 2.05) is 0 Å². The molecule has 146 valence electrons. The van der Waals surface area contributed by atoms with Crippen LogP contribution in [-0.2, 0) is 9.59 Å². The van der Waals surface area contributed by atoms with Gasteiger partial charge in [0.15, 0.2) is 6.61 Å². The maximum absolute atomic E-state index is 13.2. The van der Waals surface area contributed by atoms with Crippen molar-refractivity contribution in [2.24, 2.45) is 5.41 Å². The standard InChI is InChI=1S/C21H27FN2O3/c22-16-6-8-18(9-7-16)27-14-19(25)23-13-11-21(15-23)10-3-12-24(20(21)26)17-4-1-2-5-17/h6-9,17H,1-5,10-15H2. The van der Waals surface area contributed by atoms with E-state index in [0.29, 0.717) is 24.9 Å². The minimum absolute atomic E-state index is 0.0811. The minimum Gasteiger partial charge on any atom is -0.484 e. The van der Waals surface area contributed by atoms with E-state index < -0.39 is 5.41 Å². The van der Waals surface area contributed by atoms with Crippen molar-refractivity contribution in [3.63, 3.8) is 0 Å². The fourth-order valence-corrected chi connectivity index (χ4v) is 4.90. The van der Waals surface area contributed by atoms with Crippen LogP contribution in [0.4, 0.5) is 4.39 Å². The quantitative estimate of drug-likeness (QED) is 0.814. The van der Waals surface area contributed by atoms with Crippen molar-refractivity contribution in [1.82, 2.24) is 9.80 Å². The fourth-order valence-electron chi connectivity index (χ4n) is 4.90. The average Bonchev–Trinajstić information content (AvgIpc) is 3.34. The lowest BCUT2D eigenvalue weighted by atomic mass is 9.77. The zero-order valence-electron chi connectivity index (χ0n) is 15.7. The SMILES string of the molecule is O=C(COc1ccc(F)cc1)N1CCC2(CCCN(C3CCCC3)C2=O)C1. The number of carbonyl (C=O) groups is 2. The van der Waals surface area contributed by atoms with E-state index in [0.717, 1.165) is 38.6 Å². The third kappa shape index (κ3) is 3.66. The second-order valence-electron chi connectivity index (χ2n) is 8.13. The average molecular weight is 374 g/mol. The summed E-state index contributed by atoms with van der Waals surface area (Å²) >= 11 is 0. The number of hydrogen-bond donors (Lipinski definition) is 0. The number of amides is 2. The molecule has 2 amide bonds. The van der Waals surface area contributed by atoms with E-state index in [1.165, 1.54) is 37.1 Å². The molecule has 0 aromatic heterocycles. The molecule has 1 aromatic rings. The van der Waals surface area contributed by atoms with Crippen molar-refractivity contribution in [2.75, 3.05) is 26.2 Å². The Kier molecular flexibility index (Phi) is 5.06. The van der Waals surface area contributed by atoms with Gasteiger partial charge in [-0.2, -0.15) is 0 Å². The molecule has 1 spiro atoms. The lowest BCUT2D eigenvalue weighted by molar-refractivity contribution is -0.148. The third-order valence-corrected chi connectivity index (χ3v) is 6.42. The summed E-state index contributed by atoms with van der Waals surface area (Å²) < 4.78 is 18.4. The molecule has 0 radical (unpaired) electrons. The summed E-state index contributed by atoms with van der Waals surface area (Å²) in [6, 6.07) is 6.05. The van der Waals surface area contributed by atoms with Crippen LogP contribution in [0, 0.1) is 11.2 Å². The van der Waals surface area contributed by atoms with Gasteiger partial charge in [-0.15, -0.1) is 0 Å². The Morgan fingerprint density at radius 3 is 2.59 bits per heavy atom. The van der Waals surface area contributed by atoms with Crippen LogP contribution in [0.5, 0.6) is 5.75 Å². The van der Waals surface area contributed by atoms with E-state index >= 15 is 0 Å². The van der Waals surface area contributed by atoms with Crippen LogP contribution in [0.3, 0.4) is 0 Å². The van der Waals surface area contributed by atoms with Crippen molar-refractivity contribution in [3.8, 4) is 5.75 Å². The lowest BCUT2D eigenvalue weighted by Gasteiger charge is -2.42. The summed E-state index contributed by atoms with van der Waals surface area (Å²) in [5, 5.41) is 0. The molecule has 2 aliphatic heterocycles. The summed E-state index contributed by atoms with van der Waals surface area (Å²) in [5.74, 6) is 0.287. The first kappa shape index (κ1) is 18.3. The maximum Gasteiger partial charge on any atom is 0.260 e. The topological polar surface area (TPSA) is 49.9 Å². The predicted octanol–water partition coefficient (Wildman–Crippen LogP) is 2.99. The summed E-state index contributed by atoms with van der Waals surface area (Å²) in [5.41, 5.74) is -0.396. The monoisotopic (exact) mass is 374 g/mol. The number of halogens is 1. The Hall–Kier alpha value is -2.11. The second kappa shape index (κ2) is 7.49. The zero-order valence-corrected chi connectivity index (χ0v) is 15.7. The summed E-state index contributed by atoms with van der Waals surface area (Å²) in [4.78, 5) is 29.7. The van der Waals surface area contributed by atoms with Crippen LogP contribution in [0.1, 0.15) is 44.9 Å². The van der Waals surface area contributed by atoms with Gasteiger partial charge in [0.2, 0.25) is 5.91 Å². The van der Waals surface area contributed by atoms with Gasteiger partial charge in [0.25, 0.3) is 5.91 Å². The number of likely N-dealkylation sites (tertiary alicyclic amines) is 2. The van der Waals surface area contributed by atoms with E-state index in [-0.39, 0.29) is 24.2 Å². The largest absolute Gasteiger partial charge is 0.484 e. The van der Waals surface area contributed by atoms with Gasteiger partial charge in [0.05, 0.1) is 5.41 Å². The van der Waals surface area contributed by atoms with Crippen LogP contribution in [0.15, 0.2) is 24.3 Å². The number of rotatable bonds is 4. The van der Waals surface area contributed by atoms with Gasteiger partial charge in [0, 0.05) is 25.7 Å². The number of ether oxygens (including phenoxy) is 1. The van der Waals surface area contributed by atoms with Gasteiger partial charge >= 0.3 is 0 Å². The smallest absolute Gasteiger partial charge is 0.260 e. The molecule has 3 aliphatic rings. The first-order valence-corrected chi connectivity index (χ1v) is 10.0. The predicted molar refractivity (Wildman–Crippen MR) is 98.7 cm³/mol. The van der Waals surface area contributed by atoms with Crippen LogP contribution in [0.2, 0.25) is 0 Å². The van der Waals surface area contributed by atoms with Gasteiger partial charge in [0.1, 0.15) is 11.6 Å². The Morgan fingerprint density at radius 2 is 1.85 bits per heavy atom. The molecule has 0 bridgehead atoms. The van der Waals surface area contributed by atoms with E-state index in [9.17, 15) is 14.0 Å². The molecule has 2 saturated heterocycles. The lowest BCUT2D eigenvalue weighted by Crippen LogP contribution is -2.53. The molecule has 5 nitrogen and oxygen atoms in total. The molecule has 2 heterocycles. The van der Waals surface area contributed by atoms with Crippen molar-refractivity contribution in [1.29, 1.82) is 0 Å². The Morgan fingerprint density at radius 1 is 1.11 bits per heavy atom. The van der Waals surface area contributed by atoms with Crippen LogP contribution in [-0.4, -0.2) is 53.9 Å². The summed E-state index contributed by atoms with van der Waals surface area (Å²) in [6.07, 6.45) is 7.32. The number of carbonyl (C=O) groups excluding carboxylic acids is 2.